The minimum Gasteiger partial charge on any atom is -0.496 e. The van der Waals surface area contributed by atoms with Gasteiger partial charge in [0.25, 0.3) is 0 Å². The van der Waals surface area contributed by atoms with E-state index in [0.717, 1.165) is 18.4 Å². The molecule has 0 amide bonds. The molecule has 0 bridgehead atoms. The molecular weight excluding hydrogens is 260 g/mol. The van der Waals surface area contributed by atoms with Gasteiger partial charge in [0.05, 0.1) is 27.4 Å². The second-order valence-electron chi connectivity index (χ2n) is 4.83. The molecule has 1 aromatic rings. The predicted octanol–water partition coefficient (Wildman–Crippen LogP) is 2.17. The van der Waals surface area contributed by atoms with Crippen molar-refractivity contribution < 1.29 is 24.1 Å². The molecule has 5 heteroatoms. The lowest BCUT2D eigenvalue weighted by molar-refractivity contribution is -0.0467. The van der Waals surface area contributed by atoms with Crippen LogP contribution in [0.25, 0.3) is 0 Å². The summed E-state index contributed by atoms with van der Waals surface area (Å²) >= 11 is 0. The van der Waals surface area contributed by atoms with Crippen LogP contribution in [-0.2, 0) is 4.74 Å². The lowest BCUT2D eigenvalue weighted by Crippen LogP contribution is -2.25. The molecule has 0 spiro atoms. The predicted molar refractivity (Wildman–Crippen MR) is 74.6 cm³/mol. The van der Waals surface area contributed by atoms with Crippen LogP contribution in [0.1, 0.15) is 24.5 Å². The maximum absolute atomic E-state index is 9.54. The van der Waals surface area contributed by atoms with Gasteiger partial charge in [0.2, 0.25) is 0 Å². The number of benzene rings is 1. The molecule has 1 saturated heterocycles. The second kappa shape index (κ2) is 6.81. The molecule has 1 fully saturated rings. The van der Waals surface area contributed by atoms with Crippen LogP contribution in [-0.4, -0.2) is 39.6 Å². The SMILES string of the molecule is COc1cc(OC)c(C2OCCCC2CO)cc1OC. The van der Waals surface area contributed by atoms with E-state index in [4.69, 9.17) is 18.9 Å². The Kier molecular flexibility index (Phi) is 5.09. The van der Waals surface area contributed by atoms with E-state index in [1.165, 1.54) is 0 Å². The van der Waals surface area contributed by atoms with E-state index < -0.39 is 0 Å². The molecule has 0 aliphatic carbocycles. The molecule has 2 atom stereocenters. The highest BCUT2D eigenvalue weighted by Crippen LogP contribution is 2.43. The molecule has 20 heavy (non-hydrogen) atoms. The Balaban J connectivity index is 2.42. The van der Waals surface area contributed by atoms with Gasteiger partial charge in [-0.15, -0.1) is 0 Å². The highest BCUT2D eigenvalue weighted by molar-refractivity contribution is 5.51. The lowest BCUT2D eigenvalue weighted by atomic mass is 9.89. The fourth-order valence-electron chi connectivity index (χ4n) is 2.65. The quantitative estimate of drug-likeness (QED) is 0.897. The normalized spacial score (nSPS) is 22.4. The van der Waals surface area contributed by atoms with Crippen molar-refractivity contribution in [3.63, 3.8) is 0 Å². The van der Waals surface area contributed by atoms with Crippen molar-refractivity contribution in [1.82, 2.24) is 0 Å². The summed E-state index contributed by atoms with van der Waals surface area (Å²) in [6.07, 6.45) is 1.74. The zero-order valence-corrected chi connectivity index (χ0v) is 12.2. The zero-order chi connectivity index (χ0) is 14.5. The summed E-state index contributed by atoms with van der Waals surface area (Å²) in [5, 5.41) is 9.54. The second-order valence-corrected chi connectivity index (χ2v) is 4.83. The largest absolute Gasteiger partial charge is 0.496 e. The Morgan fingerprint density at radius 1 is 1.10 bits per heavy atom. The third kappa shape index (κ3) is 2.83. The molecule has 1 aliphatic rings. The first kappa shape index (κ1) is 14.9. The Labute approximate surface area is 119 Å². The average Bonchev–Trinajstić information content (AvgIpc) is 2.53. The van der Waals surface area contributed by atoms with Crippen molar-refractivity contribution >= 4 is 0 Å². The van der Waals surface area contributed by atoms with Crippen LogP contribution < -0.4 is 14.2 Å². The number of aliphatic hydroxyl groups excluding tert-OH is 1. The Morgan fingerprint density at radius 3 is 2.35 bits per heavy atom. The molecular formula is C15H22O5. The van der Waals surface area contributed by atoms with Crippen LogP contribution in [0.15, 0.2) is 12.1 Å². The zero-order valence-electron chi connectivity index (χ0n) is 12.2. The summed E-state index contributed by atoms with van der Waals surface area (Å²) in [4.78, 5) is 0. The van der Waals surface area contributed by atoms with Gasteiger partial charge in [-0.25, -0.2) is 0 Å². The summed E-state index contributed by atoms with van der Waals surface area (Å²) < 4.78 is 21.9. The van der Waals surface area contributed by atoms with Crippen molar-refractivity contribution in [1.29, 1.82) is 0 Å². The highest BCUT2D eigenvalue weighted by atomic mass is 16.5. The number of hydrogen-bond acceptors (Lipinski definition) is 5. The number of methoxy groups -OCH3 is 3. The van der Waals surface area contributed by atoms with Crippen molar-refractivity contribution in [2.75, 3.05) is 34.5 Å². The van der Waals surface area contributed by atoms with Gasteiger partial charge < -0.3 is 24.1 Å². The van der Waals surface area contributed by atoms with E-state index in [1.807, 2.05) is 6.07 Å². The van der Waals surface area contributed by atoms with Crippen LogP contribution in [0.3, 0.4) is 0 Å². The fraction of sp³-hybridized carbons (Fsp3) is 0.600. The first-order valence-corrected chi connectivity index (χ1v) is 6.77. The average molecular weight is 282 g/mol. The van der Waals surface area contributed by atoms with Gasteiger partial charge in [0.15, 0.2) is 11.5 Å². The van der Waals surface area contributed by atoms with Gasteiger partial charge in [0.1, 0.15) is 5.75 Å². The van der Waals surface area contributed by atoms with E-state index >= 15 is 0 Å². The minimum absolute atomic E-state index is 0.0794. The highest BCUT2D eigenvalue weighted by Gasteiger charge is 2.30. The maximum atomic E-state index is 9.54. The van der Waals surface area contributed by atoms with Crippen molar-refractivity contribution in [3.8, 4) is 17.2 Å². The van der Waals surface area contributed by atoms with Crippen LogP contribution in [0.2, 0.25) is 0 Å². The third-order valence-corrected chi connectivity index (χ3v) is 3.72. The number of ether oxygens (including phenoxy) is 4. The van der Waals surface area contributed by atoms with Crippen LogP contribution in [0.5, 0.6) is 17.2 Å². The topological polar surface area (TPSA) is 57.2 Å². The molecule has 2 unspecified atom stereocenters. The molecule has 1 aromatic carbocycles. The standard InChI is InChI=1S/C15H22O5/c1-17-12-8-14(19-3)13(18-2)7-11(12)15-10(9-16)5-4-6-20-15/h7-8,10,15-16H,4-6,9H2,1-3H3. The smallest absolute Gasteiger partial charge is 0.164 e. The monoisotopic (exact) mass is 282 g/mol. The van der Waals surface area contributed by atoms with E-state index in [2.05, 4.69) is 0 Å². The summed E-state index contributed by atoms with van der Waals surface area (Å²) in [6, 6.07) is 3.66. The summed E-state index contributed by atoms with van der Waals surface area (Å²) in [5.74, 6) is 2.02. The molecule has 0 aromatic heterocycles. The van der Waals surface area contributed by atoms with Gasteiger partial charge in [-0.1, -0.05) is 0 Å². The Hall–Kier alpha value is -1.46. The van der Waals surface area contributed by atoms with Crippen LogP contribution in [0, 0.1) is 5.92 Å². The van der Waals surface area contributed by atoms with Crippen LogP contribution in [0.4, 0.5) is 0 Å². The molecule has 1 heterocycles. The lowest BCUT2D eigenvalue weighted by Gasteiger charge is -2.32. The van der Waals surface area contributed by atoms with Crippen molar-refractivity contribution in [3.05, 3.63) is 17.7 Å². The summed E-state index contributed by atoms with van der Waals surface area (Å²) in [6.45, 7) is 0.792. The molecule has 1 aliphatic heterocycles. The molecule has 0 radical (unpaired) electrons. The number of hydrogen-bond donors (Lipinski definition) is 1. The summed E-state index contributed by atoms with van der Waals surface area (Å²) in [7, 11) is 4.80. The van der Waals surface area contributed by atoms with E-state index in [1.54, 1.807) is 27.4 Å². The summed E-state index contributed by atoms with van der Waals surface area (Å²) in [5.41, 5.74) is 0.893. The third-order valence-electron chi connectivity index (χ3n) is 3.72. The Bertz CT molecular complexity index is 446. The molecule has 0 saturated carbocycles. The van der Waals surface area contributed by atoms with Gasteiger partial charge >= 0.3 is 0 Å². The molecule has 5 nitrogen and oxygen atoms in total. The first-order valence-electron chi connectivity index (χ1n) is 6.77. The maximum Gasteiger partial charge on any atom is 0.164 e. The Morgan fingerprint density at radius 2 is 1.75 bits per heavy atom. The van der Waals surface area contributed by atoms with Crippen molar-refractivity contribution in [2.45, 2.75) is 18.9 Å². The van der Waals surface area contributed by atoms with E-state index in [0.29, 0.717) is 23.9 Å². The van der Waals surface area contributed by atoms with E-state index in [-0.39, 0.29) is 18.6 Å². The molecule has 1 N–H and O–H groups in total. The first-order chi connectivity index (χ1) is 9.74. The van der Waals surface area contributed by atoms with Gasteiger partial charge in [-0.3, -0.25) is 0 Å². The fourth-order valence-corrected chi connectivity index (χ4v) is 2.65. The van der Waals surface area contributed by atoms with Gasteiger partial charge in [-0.2, -0.15) is 0 Å². The minimum atomic E-state index is -0.177. The van der Waals surface area contributed by atoms with Crippen LogP contribution >= 0.6 is 0 Å². The van der Waals surface area contributed by atoms with Gasteiger partial charge in [-0.05, 0) is 18.9 Å². The van der Waals surface area contributed by atoms with Gasteiger partial charge in [0, 0.05) is 30.8 Å². The molecule has 112 valence electrons. The molecule has 2 rings (SSSR count). The number of aliphatic hydroxyl groups is 1. The van der Waals surface area contributed by atoms with Crippen molar-refractivity contribution in [2.24, 2.45) is 5.92 Å². The van der Waals surface area contributed by atoms with E-state index in [9.17, 15) is 5.11 Å². The number of rotatable bonds is 5.